The highest BCUT2D eigenvalue weighted by atomic mass is 16.5. The van der Waals surface area contributed by atoms with E-state index < -0.39 is 0 Å². The van der Waals surface area contributed by atoms with E-state index in [0.717, 1.165) is 18.0 Å². The van der Waals surface area contributed by atoms with Gasteiger partial charge in [0, 0.05) is 12.7 Å². The number of methoxy groups -OCH3 is 1. The minimum Gasteiger partial charge on any atom is -0.497 e. The van der Waals surface area contributed by atoms with E-state index in [0.29, 0.717) is 17.8 Å². The molecule has 0 atom stereocenters. The average Bonchev–Trinajstić information content (AvgIpc) is 3.29. The molecule has 2 aromatic heterocycles. The third-order valence-corrected chi connectivity index (χ3v) is 3.53. The number of amides is 1. The van der Waals surface area contributed by atoms with Crippen LogP contribution in [-0.4, -0.2) is 37.8 Å². The smallest absolute Gasteiger partial charge is 0.254 e. The van der Waals surface area contributed by atoms with Crippen molar-refractivity contribution in [2.45, 2.75) is 20.0 Å². The molecule has 3 aromatic rings. The highest BCUT2D eigenvalue weighted by molar-refractivity contribution is 5.93. The summed E-state index contributed by atoms with van der Waals surface area (Å²) in [5.41, 5.74) is 2.06. The van der Waals surface area contributed by atoms with Crippen LogP contribution >= 0.6 is 0 Å². The normalized spacial score (nSPS) is 10.6. The van der Waals surface area contributed by atoms with Gasteiger partial charge in [0.05, 0.1) is 37.3 Å². The first-order chi connectivity index (χ1) is 11.7. The molecule has 0 spiro atoms. The van der Waals surface area contributed by atoms with Gasteiger partial charge in [0.15, 0.2) is 0 Å². The van der Waals surface area contributed by atoms with E-state index in [4.69, 9.17) is 4.74 Å². The van der Waals surface area contributed by atoms with E-state index in [1.165, 1.54) is 0 Å². The summed E-state index contributed by atoms with van der Waals surface area (Å²) in [6.07, 6.45) is 5.04. The fraction of sp³-hybridized carbons (Fsp3) is 0.250. The molecule has 1 aromatic carbocycles. The van der Waals surface area contributed by atoms with Crippen LogP contribution in [0.15, 0.2) is 42.9 Å². The highest BCUT2D eigenvalue weighted by Gasteiger charge is 2.09. The number of aromatic nitrogens is 5. The molecule has 3 rings (SSSR count). The molecule has 0 unspecified atom stereocenters. The van der Waals surface area contributed by atoms with Crippen LogP contribution in [0.3, 0.4) is 0 Å². The van der Waals surface area contributed by atoms with Gasteiger partial charge in [-0.2, -0.15) is 5.10 Å². The number of hydrogen-bond acceptors (Lipinski definition) is 5. The second-order valence-electron chi connectivity index (χ2n) is 5.12. The predicted octanol–water partition coefficient (Wildman–Crippen LogP) is 1.42. The molecule has 0 radical (unpaired) electrons. The fourth-order valence-corrected chi connectivity index (χ4v) is 2.17. The van der Waals surface area contributed by atoms with Crippen LogP contribution in [0.2, 0.25) is 0 Å². The average molecular weight is 326 g/mol. The van der Waals surface area contributed by atoms with Gasteiger partial charge in [-0.1, -0.05) is 5.21 Å². The lowest BCUT2D eigenvalue weighted by Gasteiger charge is -2.02. The van der Waals surface area contributed by atoms with Gasteiger partial charge >= 0.3 is 0 Å². The minimum atomic E-state index is -0.186. The van der Waals surface area contributed by atoms with Crippen molar-refractivity contribution in [3.05, 3.63) is 54.1 Å². The van der Waals surface area contributed by atoms with Crippen molar-refractivity contribution in [2.75, 3.05) is 7.11 Å². The van der Waals surface area contributed by atoms with Crippen LogP contribution in [0.1, 0.15) is 23.0 Å². The first kappa shape index (κ1) is 15.7. The molecular weight excluding hydrogens is 308 g/mol. The first-order valence-electron chi connectivity index (χ1n) is 7.56. The number of carbonyl (C=O) groups is 1. The largest absolute Gasteiger partial charge is 0.497 e. The lowest BCUT2D eigenvalue weighted by Crippen LogP contribution is -2.22. The maximum atomic E-state index is 12.1. The van der Waals surface area contributed by atoms with Crippen molar-refractivity contribution >= 4 is 5.91 Å². The van der Waals surface area contributed by atoms with Crippen LogP contribution in [0.25, 0.3) is 5.69 Å². The number of ether oxygens (including phenoxy) is 1. The highest BCUT2D eigenvalue weighted by Crippen LogP contribution is 2.14. The maximum Gasteiger partial charge on any atom is 0.254 e. The summed E-state index contributed by atoms with van der Waals surface area (Å²) in [5, 5.41) is 15.0. The van der Waals surface area contributed by atoms with E-state index in [2.05, 4.69) is 20.7 Å². The van der Waals surface area contributed by atoms with Crippen LogP contribution < -0.4 is 10.1 Å². The molecule has 0 aliphatic rings. The van der Waals surface area contributed by atoms with Crippen molar-refractivity contribution < 1.29 is 9.53 Å². The fourth-order valence-electron chi connectivity index (χ4n) is 2.17. The number of nitrogens with zero attached hydrogens (tertiary/aromatic N) is 5. The number of rotatable bonds is 6. The Balaban J connectivity index is 1.62. The molecule has 0 bridgehead atoms. The zero-order valence-electron chi connectivity index (χ0n) is 13.5. The number of benzene rings is 1. The van der Waals surface area contributed by atoms with Crippen LogP contribution in [-0.2, 0) is 13.1 Å². The van der Waals surface area contributed by atoms with Gasteiger partial charge in [-0.15, -0.1) is 5.10 Å². The Labute approximate surface area is 139 Å². The first-order valence-corrected chi connectivity index (χ1v) is 7.56. The molecule has 0 aliphatic heterocycles. The SMILES string of the molecule is CCn1cc(C(=O)NCc2cn(-c3ccc(OC)cc3)nn2)cn1. The maximum absolute atomic E-state index is 12.1. The van der Waals surface area contributed by atoms with Gasteiger partial charge in [0.2, 0.25) is 0 Å². The van der Waals surface area contributed by atoms with Crippen LogP contribution in [0.4, 0.5) is 0 Å². The van der Waals surface area contributed by atoms with Gasteiger partial charge in [-0.3, -0.25) is 9.48 Å². The van der Waals surface area contributed by atoms with Crippen molar-refractivity contribution in [1.29, 1.82) is 0 Å². The van der Waals surface area contributed by atoms with E-state index >= 15 is 0 Å². The summed E-state index contributed by atoms with van der Waals surface area (Å²) in [5.74, 6) is 0.590. The molecule has 2 heterocycles. The van der Waals surface area contributed by atoms with Crippen molar-refractivity contribution in [2.24, 2.45) is 0 Å². The Hall–Kier alpha value is -3.16. The Bertz CT molecular complexity index is 821. The van der Waals surface area contributed by atoms with E-state index in [1.807, 2.05) is 31.2 Å². The summed E-state index contributed by atoms with van der Waals surface area (Å²) < 4.78 is 8.48. The monoisotopic (exact) mass is 326 g/mol. The number of aryl methyl sites for hydroxylation is 1. The van der Waals surface area contributed by atoms with E-state index in [-0.39, 0.29) is 5.91 Å². The van der Waals surface area contributed by atoms with Crippen molar-refractivity contribution in [1.82, 2.24) is 30.1 Å². The molecular formula is C16H18N6O2. The van der Waals surface area contributed by atoms with Gasteiger partial charge in [0.25, 0.3) is 5.91 Å². The Kier molecular flexibility index (Phi) is 4.55. The number of nitrogens with one attached hydrogen (secondary N) is 1. The third kappa shape index (κ3) is 3.43. The quantitative estimate of drug-likeness (QED) is 0.740. The van der Waals surface area contributed by atoms with Crippen molar-refractivity contribution in [3.63, 3.8) is 0 Å². The summed E-state index contributed by atoms with van der Waals surface area (Å²) in [7, 11) is 1.62. The molecule has 0 aliphatic carbocycles. The van der Waals surface area contributed by atoms with Crippen molar-refractivity contribution in [3.8, 4) is 11.4 Å². The molecule has 1 N–H and O–H groups in total. The predicted molar refractivity (Wildman–Crippen MR) is 87.0 cm³/mol. The van der Waals surface area contributed by atoms with Gasteiger partial charge in [-0.25, -0.2) is 4.68 Å². The molecule has 0 saturated heterocycles. The summed E-state index contributed by atoms with van der Waals surface area (Å²) in [4.78, 5) is 12.1. The molecule has 0 fully saturated rings. The molecule has 8 nitrogen and oxygen atoms in total. The Morgan fingerprint density at radius 1 is 1.25 bits per heavy atom. The van der Waals surface area contributed by atoms with Gasteiger partial charge < -0.3 is 10.1 Å². The van der Waals surface area contributed by atoms with E-state index in [1.54, 1.807) is 35.1 Å². The zero-order chi connectivity index (χ0) is 16.9. The standard InChI is InChI=1S/C16H18N6O2/c1-3-21-10-12(8-18-21)16(23)17-9-13-11-22(20-19-13)14-4-6-15(24-2)7-5-14/h4-8,10-11H,3,9H2,1-2H3,(H,17,23). The molecule has 1 amide bonds. The molecule has 124 valence electrons. The lowest BCUT2D eigenvalue weighted by molar-refractivity contribution is 0.0950. The Morgan fingerprint density at radius 2 is 2.04 bits per heavy atom. The summed E-state index contributed by atoms with van der Waals surface area (Å²) >= 11 is 0. The molecule has 24 heavy (non-hydrogen) atoms. The van der Waals surface area contributed by atoms with Gasteiger partial charge in [0.1, 0.15) is 11.4 Å². The van der Waals surface area contributed by atoms with E-state index in [9.17, 15) is 4.79 Å². The summed E-state index contributed by atoms with van der Waals surface area (Å²) in [6, 6.07) is 7.47. The van der Waals surface area contributed by atoms with Gasteiger partial charge in [-0.05, 0) is 31.2 Å². The second-order valence-corrected chi connectivity index (χ2v) is 5.12. The van der Waals surface area contributed by atoms with Crippen LogP contribution in [0, 0.1) is 0 Å². The minimum absolute atomic E-state index is 0.186. The van der Waals surface area contributed by atoms with Crippen LogP contribution in [0.5, 0.6) is 5.75 Å². The molecule has 0 saturated carbocycles. The molecule has 8 heteroatoms. The second kappa shape index (κ2) is 6.95. The topological polar surface area (TPSA) is 86.9 Å². The Morgan fingerprint density at radius 3 is 2.71 bits per heavy atom. The third-order valence-electron chi connectivity index (χ3n) is 3.53. The number of hydrogen-bond donors (Lipinski definition) is 1. The zero-order valence-corrected chi connectivity index (χ0v) is 13.5. The summed E-state index contributed by atoms with van der Waals surface area (Å²) in [6.45, 7) is 2.99. The number of carbonyl (C=O) groups excluding carboxylic acids is 1. The lowest BCUT2D eigenvalue weighted by atomic mass is 10.3.